The lowest BCUT2D eigenvalue weighted by molar-refractivity contribution is -0.312. The van der Waals surface area contributed by atoms with E-state index in [4.69, 9.17) is 34.3 Å². The van der Waals surface area contributed by atoms with Crippen LogP contribution < -0.4 is 16.5 Å². The van der Waals surface area contributed by atoms with E-state index in [9.17, 15) is 81.1 Å². The van der Waals surface area contributed by atoms with Crippen LogP contribution in [-0.4, -0.2) is 224 Å². The number of nitrogens with one attached hydrogen (secondary N) is 2. The van der Waals surface area contributed by atoms with Gasteiger partial charge in [-0.15, -0.1) is 0 Å². The first kappa shape index (κ1) is 66.6. The number of ether oxygens (including phenoxy) is 5. The van der Waals surface area contributed by atoms with E-state index in [0.717, 1.165) is 0 Å². The molecule has 2 bridgehead atoms. The molecule has 24 atom stereocenters. The molecular formula is C53H85N3O22. The fourth-order valence-electron chi connectivity index (χ4n) is 9.29. The average molecular weight is 1120 g/mol. The molecule has 0 radical (unpaired) electrons. The van der Waals surface area contributed by atoms with Crippen LogP contribution in [0.25, 0.3) is 0 Å². The largest absolute Gasteiger partial charge is 0.462 e. The maximum atomic E-state index is 13.4. The summed E-state index contributed by atoms with van der Waals surface area (Å²) in [4.78, 5) is 31.3. The third-order valence-corrected chi connectivity index (χ3v) is 14.2. The molecule has 3 fully saturated rings. The summed E-state index contributed by atoms with van der Waals surface area (Å²) in [6.07, 6.45) is -6.57. The number of carbonyl (C=O) groups excluding carboxylic acids is 2. The van der Waals surface area contributed by atoms with E-state index in [0.29, 0.717) is 0 Å². The number of esters is 1. The van der Waals surface area contributed by atoms with Crippen molar-refractivity contribution in [2.24, 2.45) is 17.6 Å². The van der Waals surface area contributed by atoms with Crippen molar-refractivity contribution in [1.82, 2.24) is 10.8 Å². The monoisotopic (exact) mass is 1120 g/mol. The fourth-order valence-corrected chi connectivity index (χ4v) is 9.29. The predicted molar refractivity (Wildman–Crippen MR) is 276 cm³/mol. The highest BCUT2D eigenvalue weighted by atomic mass is 16.8. The van der Waals surface area contributed by atoms with Crippen molar-refractivity contribution in [3.8, 4) is 0 Å². The van der Waals surface area contributed by atoms with E-state index in [-0.39, 0.29) is 31.6 Å². The van der Waals surface area contributed by atoms with Gasteiger partial charge in [-0.05, 0) is 33.1 Å². The molecule has 0 aromatic carbocycles. The molecule has 25 nitrogen and oxygen atoms in total. The van der Waals surface area contributed by atoms with Crippen molar-refractivity contribution in [2.45, 2.75) is 213 Å². The number of rotatable bonds is 6. The third-order valence-electron chi connectivity index (χ3n) is 14.2. The summed E-state index contributed by atoms with van der Waals surface area (Å²) < 4.78 is 28.9. The lowest BCUT2D eigenvalue weighted by atomic mass is 9.87. The minimum Gasteiger partial charge on any atom is -0.462 e. The Morgan fingerprint density at radius 3 is 1.86 bits per heavy atom. The van der Waals surface area contributed by atoms with Gasteiger partial charge in [0.25, 0.3) is 0 Å². The molecular weight excluding hydrogens is 1030 g/mol. The molecule has 4 aliphatic rings. The van der Waals surface area contributed by atoms with Gasteiger partial charge in [0, 0.05) is 37.5 Å². The van der Waals surface area contributed by atoms with Gasteiger partial charge in [0.2, 0.25) is 6.29 Å². The summed E-state index contributed by atoms with van der Waals surface area (Å²) in [5.41, 5.74) is 8.05. The van der Waals surface area contributed by atoms with Gasteiger partial charge in [-0.25, -0.2) is 15.1 Å². The first-order chi connectivity index (χ1) is 36.8. The average Bonchev–Trinajstić information content (AvgIpc) is 3.40. The summed E-state index contributed by atoms with van der Waals surface area (Å²) in [5, 5.41) is 153. The smallest absolute Gasteiger partial charge is 0.339 e. The van der Waals surface area contributed by atoms with E-state index in [2.05, 4.69) is 5.32 Å². The Hall–Kier alpha value is -3.88. The van der Waals surface area contributed by atoms with Gasteiger partial charge >= 0.3 is 12.0 Å². The Labute approximate surface area is 453 Å². The van der Waals surface area contributed by atoms with Crippen LogP contribution in [0, 0.1) is 11.8 Å². The van der Waals surface area contributed by atoms with E-state index in [1.165, 1.54) is 13.0 Å². The highest BCUT2D eigenvalue weighted by Gasteiger charge is 2.50. The Bertz CT molecular complexity index is 2020. The van der Waals surface area contributed by atoms with Crippen molar-refractivity contribution in [1.29, 1.82) is 0 Å². The molecule has 4 aliphatic heterocycles. The van der Waals surface area contributed by atoms with Crippen LogP contribution in [0.15, 0.2) is 85.1 Å². The molecule has 0 aliphatic carbocycles. The van der Waals surface area contributed by atoms with Crippen LogP contribution in [0.4, 0.5) is 4.79 Å². The normalized spacial score (nSPS) is 45.8. The number of carbonyl (C=O) groups is 2. The summed E-state index contributed by atoms with van der Waals surface area (Å²) in [6.45, 7) is 5.89. The Kier molecular flexibility index (Phi) is 27.8. The van der Waals surface area contributed by atoms with Gasteiger partial charge in [0.1, 0.15) is 36.6 Å². The maximum absolute atomic E-state index is 13.4. The topological polar surface area (TPSA) is 423 Å². The summed E-state index contributed by atoms with van der Waals surface area (Å²) >= 11 is 0. The van der Waals surface area contributed by atoms with Gasteiger partial charge in [-0.3, -0.25) is 4.79 Å². The molecule has 25 heteroatoms. The van der Waals surface area contributed by atoms with Crippen molar-refractivity contribution < 1.29 is 110 Å². The number of amides is 2. The summed E-state index contributed by atoms with van der Waals surface area (Å²) in [5.74, 6) is -3.96. The molecule has 0 aromatic heterocycles. The van der Waals surface area contributed by atoms with Crippen molar-refractivity contribution in [3.05, 3.63) is 85.1 Å². The number of aliphatic hydroxyl groups excluding tert-OH is 13. The zero-order valence-corrected chi connectivity index (χ0v) is 44.3. The molecule has 4 rings (SSSR count). The van der Waals surface area contributed by atoms with Gasteiger partial charge in [-0.1, -0.05) is 98.9 Å². The number of hydrogen-bond donors (Lipinski definition) is 17. The van der Waals surface area contributed by atoms with Crippen molar-refractivity contribution >= 4 is 12.0 Å². The van der Waals surface area contributed by atoms with Crippen LogP contribution >= 0.6 is 0 Å². The molecule has 3 saturated heterocycles. The number of aliphatic hydroxyl groups is 14. The minimum atomic E-state index is -2.41. The third kappa shape index (κ3) is 20.9. The minimum absolute atomic E-state index is 0.150. The lowest BCUT2D eigenvalue weighted by Gasteiger charge is -2.46. The standard InChI is InChI=1S/C53H85N3O22/c1-28-17-15-13-11-9-7-5-6-8-10-12-14-16-18-35(75-50-47(68)42(54)45(66)31(4)74-50)24-39-43(55-52(71)56-78-51-49(70)48(69)46(67)40(27-57)76-51)38(63)26-53(72,77-39)25-34(60)22-37(62)36(61)20-19-32(58)21-33(59)23-41(64)73-30(3)29(2)44(28)65/h5-18,28-40,42-51,57-63,65-70,72H,19-27,54H2,1-4H3,(H2,55,56,71)/b6-5+,9-7+,10-8+,13-11+,14-12+,17-15+,18-16+/t28-,29-,30-,31+,32+,33+,34-,35-,36+,37+,38-,39-,40?,42-,43+,44+,45+,46+,47-,48?,49-,50-,51-,53+/m0/s1. The Morgan fingerprint density at radius 2 is 1.24 bits per heavy atom. The van der Waals surface area contributed by atoms with Crippen LogP contribution in [-0.2, 0) is 33.3 Å². The SMILES string of the molecule is C[C@@H]1[C@H](O)[C@@H](C)/C=C/C=C/C=C/C=C/C=C/C=C/C=C/[C@H](O[C@@H]2O[C@H](C)[C@@H](O)[C@H](N)[C@@H]2O)C[C@@H]2O[C@](O)(C[C@@H](O)C[C@@H](O)[C@H](O)CC[C@@H](O)C[C@@H](O)CC(=O)O[C@H]1C)C[C@H](O)[C@H]2NC(=O)NO[C@@H]1OC(CO)[C@@H](O)C(O)[C@@H]1O. The van der Waals surface area contributed by atoms with E-state index in [1.54, 1.807) is 92.8 Å². The number of nitrogens with two attached hydrogens (primary N) is 1. The number of fused-ring (bicyclic) bond motifs is 2. The van der Waals surface area contributed by atoms with E-state index in [1.807, 2.05) is 12.4 Å². The summed E-state index contributed by atoms with van der Waals surface area (Å²) in [7, 11) is 0. The number of cyclic esters (lactones) is 1. The van der Waals surface area contributed by atoms with Crippen molar-refractivity contribution in [3.63, 3.8) is 0 Å². The predicted octanol–water partition coefficient (Wildman–Crippen LogP) is -2.59. The van der Waals surface area contributed by atoms with Crippen LogP contribution in [0.5, 0.6) is 0 Å². The second-order valence-corrected chi connectivity index (χ2v) is 20.6. The molecule has 18 N–H and O–H groups in total. The Morgan fingerprint density at radius 1 is 0.641 bits per heavy atom. The van der Waals surface area contributed by atoms with Gasteiger partial charge in [0.05, 0.1) is 92.3 Å². The first-order valence-corrected chi connectivity index (χ1v) is 26.3. The number of hydrogen-bond acceptors (Lipinski definition) is 23. The molecule has 0 saturated carbocycles. The van der Waals surface area contributed by atoms with E-state index >= 15 is 0 Å². The molecule has 78 heavy (non-hydrogen) atoms. The lowest BCUT2D eigenvalue weighted by Crippen LogP contribution is -2.64. The maximum Gasteiger partial charge on any atom is 0.339 e. The highest BCUT2D eigenvalue weighted by Crippen LogP contribution is 2.35. The van der Waals surface area contributed by atoms with Crippen LogP contribution in [0.2, 0.25) is 0 Å². The fraction of sp³-hybridized carbons (Fsp3) is 0.698. The van der Waals surface area contributed by atoms with Gasteiger partial charge in [-0.2, -0.15) is 0 Å². The molecule has 2 amide bonds. The van der Waals surface area contributed by atoms with Gasteiger partial charge in [0.15, 0.2) is 12.1 Å². The summed E-state index contributed by atoms with van der Waals surface area (Å²) in [6, 6.07) is -3.87. The quantitative estimate of drug-likeness (QED) is 0.0959. The molecule has 444 valence electrons. The molecule has 0 spiro atoms. The second kappa shape index (κ2) is 32.5. The second-order valence-electron chi connectivity index (χ2n) is 20.6. The highest BCUT2D eigenvalue weighted by molar-refractivity contribution is 5.73. The molecule has 4 heterocycles. The van der Waals surface area contributed by atoms with Crippen molar-refractivity contribution in [2.75, 3.05) is 6.61 Å². The number of urea groups is 1. The first-order valence-electron chi connectivity index (χ1n) is 26.3. The zero-order chi connectivity index (χ0) is 57.9. The zero-order valence-electron chi connectivity index (χ0n) is 44.3. The Balaban J connectivity index is 1.62. The van der Waals surface area contributed by atoms with Gasteiger partial charge < -0.3 is 106 Å². The van der Waals surface area contributed by atoms with Crippen LogP contribution in [0.1, 0.15) is 79.1 Å². The molecule has 2 unspecified atom stereocenters. The molecule has 0 aromatic rings. The number of hydroxylamine groups is 1. The van der Waals surface area contributed by atoms with Crippen LogP contribution in [0.3, 0.4) is 0 Å². The number of allylic oxidation sites excluding steroid dienone is 12. The van der Waals surface area contributed by atoms with E-state index < -0.39 is 184 Å².